The summed E-state index contributed by atoms with van der Waals surface area (Å²) in [5, 5.41) is 7.68. The van der Waals surface area contributed by atoms with Crippen molar-refractivity contribution in [3.63, 3.8) is 0 Å². The van der Waals surface area contributed by atoms with E-state index in [1.54, 1.807) is 0 Å². The minimum atomic E-state index is 1.09. The molecule has 0 fully saturated rings. The van der Waals surface area contributed by atoms with Gasteiger partial charge in [-0.05, 0) is 119 Å². The lowest BCUT2D eigenvalue weighted by Crippen LogP contribution is -2.11. The Morgan fingerprint density at radius 2 is 0.689 bits per heavy atom. The molecular weight excluding hydrogens is 735 g/mol. The molecule has 0 heterocycles. The zero-order chi connectivity index (χ0) is 40.5. The third kappa shape index (κ3) is 6.83. The van der Waals surface area contributed by atoms with Gasteiger partial charge in [0.1, 0.15) is 0 Å². The summed E-state index contributed by atoms with van der Waals surface area (Å²) < 4.78 is 0. The molecule has 0 unspecified atom stereocenters. The first-order valence-electron chi connectivity index (χ1n) is 21.0. The fourth-order valence-corrected chi connectivity index (χ4v) is 9.01. The number of fused-ring (bicyclic) bond motifs is 5. The number of hydrogen-bond acceptors (Lipinski definition) is 1. The van der Waals surface area contributed by atoms with Crippen molar-refractivity contribution in [2.24, 2.45) is 0 Å². The van der Waals surface area contributed by atoms with Gasteiger partial charge in [-0.25, -0.2) is 0 Å². The molecule has 11 aromatic rings. The largest absolute Gasteiger partial charge is 0.310 e. The Kier molecular flexibility index (Phi) is 9.26. The number of benzene rings is 11. The van der Waals surface area contributed by atoms with Crippen LogP contribution < -0.4 is 4.90 Å². The topological polar surface area (TPSA) is 3.24 Å². The summed E-state index contributed by atoms with van der Waals surface area (Å²) in [4.78, 5) is 2.40. The van der Waals surface area contributed by atoms with Gasteiger partial charge in [-0.1, -0.05) is 212 Å². The first kappa shape index (κ1) is 36.1. The van der Waals surface area contributed by atoms with Crippen LogP contribution >= 0.6 is 0 Å². The van der Waals surface area contributed by atoms with Crippen LogP contribution in [0.15, 0.2) is 249 Å². The number of para-hydroxylation sites is 1. The second-order valence-electron chi connectivity index (χ2n) is 15.7. The van der Waals surface area contributed by atoms with E-state index in [9.17, 15) is 0 Å². The molecule has 0 saturated carbocycles. The van der Waals surface area contributed by atoms with E-state index in [1.807, 2.05) is 0 Å². The van der Waals surface area contributed by atoms with Crippen molar-refractivity contribution in [3.8, 4) is 55.6 Å². The highest BCUT2D eigenvalue weighted by atomic mass is 15.1. The fraction of sp³-hybridized carbons (Fsp3) is 0. The molecule has 1 nitrogen and oxygen atoms in total. The Bertz CT molecular complexity index is 3310. The van der Waals surface area contributed by atoms with Gasteiger partial charge >= 0.3 is 0 Å². The van der Waals surface area contributed by atoms with E-state index in [0.717, 1.165) is 17.1 Å². The highest BCUT2D eigenvalue weighted by Crippen LogP contribution is 2.43. The van der Waals surface area contributed by atoms with E-state index in [4.69, 9.17) is 0 Å². The second kappa shape index (κ2) is 15.6. The van der Waals surface area contributed by atoms with Crippen LogP contribution in [0, 0.1) is 0 Å². The maximum absolute atomic E-state index is 2.40. The van der Waals surface area contributed by atoms with Gasteiger partial charge in [0, 0.05) is 16.9 Å². The van der Waals surface area contributed by atoms with Gasteiger partial charge in [-0.2, -0.15) is 0 Å². The molecule has 11 aromatic carbocycles. The van der Waals surface area contributed by atoms with Crippen molar-refractivity contribution in [1.82, 2.24) is 0 Å². The highest BCUT2D eigenvalue weighted by molar-refractivity contribution is 6.21. The Labute approximate surface area is 357 Å². The molecule has 61 heavy (non-hydrogen) atoms. The predicted molar refractivity (Wildman–Crippen MR) is 261 cm³/mol. The van der Waals surface area contributed by atoms with E-state index in [-0.39, 0.29) is 0 Å². The van der Waals surface area contributed by atoms with E-state index in [0.29, 0.717) is 0 Å². The van der Waals surface area contributed by atoms with Crippen molar-refractivity contribution < 1.29 is 0 Å². The van der Waals surface area contributed by atoms with Crippen molar-refractivity contribution in [3.05, 3.63) is 249 Å². The summed E-state index contributed by atoms with van der Waals surface area (Å²) >= 11 is 0. The molecule has 0 aliphatic carbocycles. The average Bonchev–Trinajstić information content (AvgIpc) is 3.35. The predicted octanol–water partition coefficient (Wildman–Crippen LogP) is 17.0. The summed E-state index contributed by atoms with van der Waals surface area (Å²) in [6.45, 7) is 0. The molecule has 0 aliphatic rings. The van der Waals surface area contributed by atoms with Gasteiger partial charge in [-0.15, -0.1) is 0 Å². The van der Waals surface area contributed by atoms with Crippen LogP contribution in [0.2, 0.25) is 0 Å². The highest BCUT2D eigenvalue weighted by Gasteiger charge is 2.19. The maximum atomic E-state index is 2.40. The molecule has 0 saturated heterocycles. The molecular formula is C60H41N. The maximum Gasteiger partial charge on any atom is 0.0540 e. The van der Waals surface area contributed by atoms with Gasteiger partial charge in [0.2, 0.25) is 0 Å². The van der Waals surface area contributed by atoms with Gasteiger partial charge in [-0.3, -0.25) is 0 Å². The number of rotatable bonds is 8. The number of hydrogen-bond donors (Lipinski definition) is 0. The molecule has 0 aromatic heterocycles. The molecule has 1 heteroatoms. The van der Waals surface area contributed by atoms with Crippen LogP contribution in [-0.4, -0.2) is 0 Å². The molecule has 0 bridgehead atoms. The normalized spacial score (nSPS) is 11.3. The average molecular weight is 776 g/mol. The van der Waals surface area contributed by atoms with Crippen molar-refractivity contribution in [1.29, 1.82) is 0 Å². The Balaban J connectivity index is 0.975. The van der Waals surface area contributed by atoms with Crippen molar-refractivity contribution in [2.45, 2.75) is 0 Å². The standard InChI is InChI=1S/C60H41N/c1-3-14-42(15-4-1)44-26-30-48(31-27-44)54-22-11-12-25-60(54)61(52-20-13-19-50(40-52)43-16-5-2-6-17-43)51-37-34-46(35-38-51)45-28-32-49(33-29-45)58-41-59-53-21-8-7-18-47(53)36-39-57(59)55-23-9-10-24-56(55)58/h1-41H. The summed E-state index contributed by atoms with van der Waals surface area (Å²) in [5.41, 5.74) is 15.3. The van der Waals surface area contributed by atoms with E-state index >= 15 is 0 Å². The molecule has 0 N–H and O–H groups in total. The Hall–Kier alpha value is -8.00. The summed E-state index contributed by atoms with van der Waals surface area (Å²) in [5.74, 6) is 0. The van der Waals surface area contributed by atoms with Crippen LogP contribution in [0.3, 0.4) is 0 Å². The SMILES string of the molecule is c1ccc(-c2ccc(-c3ccccc3N(c3ccc(-c4ccc(-c5cc6c7ccccc7ccc6c6ccccc56)cc4)cc3)c3cccc(-c4ccccc4)c3)cc2)cc1. The molecule has 11 rings (SSSR count). The van der Waals surface area contributed by atoms with E-state index in [2.05, 4.69) is 254 Å². The Morgan fingerprint density at radius 3 is 1.38 bits per heavy atom. The van der Waals surface area contributed by atoms with Gasteiger partial charge in [0.05, 0.1) is 5.69 Å². The van der Waals surface area contributed by atoms with Gasteiger partial charge < -0.3 is 4.90 Å². The lowest BCUT2D eigenvalue weighted by molar-refractivity contribution is 1.28. The number of anilines is 3. The molecule has 286 valence electrons. The third-order valence-corrected chi connectivity index (χ3v) is 12.1. The monoisotopic (exact) mass is 775 g/mol. The van der Waals surface area contributed by atoms with E-state index < -0.39 is 0 Å². The molecule has 0 radical (unpaired) electrons. The molecule has 0 aliphatic heterocycles. The first-order valence-corrected chi connectivity index (χ1v) is 21.0. The van der Waals surface area contributed by atoms with Gasteiger partial charge in [0.15, 0.2) is 0 Å². The smallest absolute Gasteiger partial charge is 0.0540 e. The van der Waals surface area contributed by atoms with Crippen molar-refractivity contribution in [2.75, 3.05) is 4.90 Å². The van der Waals surface area contributed by atoms with Gasteiger partial charge in [0.25, 0.3) is 0 Å². The minimum absolute atomic E-state index is 1.09. The zero-order valence-corrected chi connectivity index (χ0v) is 33.6. The quantitative estimate of drug-likeness (QED) is 0.139. The lowest BCUT2D eigenvalue weighted by Gasteiger charge is -2.28. The third-order valence-electron chi connectivity index (χ3n) is 12.1. The van der Waals surface area contributed by atoms with Crippen molar-refractivity contribution >= 4 is 49.4 Å². The lowest BCUT2D eigenvalue weighted by atomic mass is 9.90. The molecule has 0 atom stereocenters. The fourth-order valence-electron chi connectivity index (χ4n) is 9.01. The summed E-state index contributed by atoms with van der Waals surface area (Å²) in [6.07, 6.45) is 0. The van der Waals surface area contributed by atoms with E-state index in [1.165, 1.54) is 88.0 Å². The Morgan fingerprint density at radius 1 is 0.213 bits per heavy atom. The molecule has 0 spiro atoms. The summed E-state index contributed by atoms with van der Waals surface area (Å²) in [6, 6.07) is 90.3. The molecule has 0 amide bonds. The summed E-state index contributed by atoms with van der Waals surface area (Å²) in [7, 11) is 0. The van der Waals surface area contributed by atoms with Crippen LogP contribution in [-0.2, 0) is 0 Å². The van der Waals surface area contributed by atoms with Crippen LogP contribution in [0.4, 0.5) is 17.1 Å². The van der Waals surface area contributed by atoms with Crippen LogP contribution in [0.1, 0.15) is 0 Å². The number of nitrogens with zero attached hydrogens (tertiary/aromatic N) is 1. The van der Waals surface area contributed by atoms with Crippen LogP contribution in [0.5, 0.6) is 0 Å². The first-order chi connectivity index (χ1) is 30.2. The second-order valence-corrected chi connectivity index (χ2v) is 15.7. The van der Waals surface area contributed by atoms with Crippen LogP contribution in [0.25, 0.3) is 88.0 Å². The zero-order valence-electron chi connectivity index (χ0n) is 33.6. The minimum Gasteiger partial charge on any atom is -0.310 e.